The van der Waals surface area contributed by atoms with Crippen molar-refractivity contribution in [3.05, 3.63) is 40.4 Å². The van der Waals surface area contributed by atoms with E-state index in [1.54, 1.807) is 32.2 Å². The van der Waals surface area contributed by atoms with Gasteiger partial charge in [0.15, 0.2) is 0 Å². The Labute approximate surface area is 106 Å². The van der Waals surface area contributed by atoms with Gasteiger partial charge in [-0.25, -0.2) is 9.07 Å². The lowest BCUT2D eigenvalue weighted by Gasteiger charge is -2.11. The van der Waals surface area contributed by atoms with Crippen LogP contribution in [0.15, 0.2) is 28.9 Å². The summed E-state index contributed by atoms with van der Waals surface area (Å²) in [4.78, 5) is 0. The predicted octanol–water partition coefficient (Wildman–Crippen LogP) is 2.40. The third-order valence-electron chi connectivity index (χ3n) is 2.29. The SMILES string of the molecule is CC(C)(O)c1cn(-c2ccc(Br)c(F)c2)nn1. The zero-order valence-electron chi connectivity index (χ0n) is 9.35. The van der Waals surface area contributed by atoms with E-state index >= 15 is 0 Å². The van der Waals surface area contributed by atoms with E-state index in [0.717, 1.165) is 0 Å². The summed E-state index contributed by atoms with van der Waals surface area (Å²) in [5, 5.41) is 17.4. The first-order valence-electron chi connectivity index (χ1n) is 4.98. The van der Waals surface area contributed by atoms with Crippen molar-refractivity contribution in [2.24, 2.45) is 0 Å². The van der Waals surface area contributed by atoms with Gasteiger partial charge in [0, 0.05) is 6.07 Å². The molecule has 4 nitrogen and oxygen atoms in total. The van der Waals surface area contributed by atoms with Gasteiger partial charge in [0.05, 0.1) is 16.4 Å². The maximum Gasteiger partial charge on any atom is 0.139 e. The molecular weight excluding hydrogens is 289 g/mol. The van der Waals surface area contributed by atoms with E-state index in [2.05, 4.69) is 26.2 Å². The Morgan fingerprint density at radius 3 is 2.65 bits per heavy atom. The van der Waals surface area contributed by atoms with Gasteiger partial charge >= 0.3 is 0 Å². The van der Waals surface area contributed by atoms with Crippen molar-refractivity contribution in [2.75, 3.05) is 0 Å². The maximum absolute atomic E-state index is 13.3. The Hall–Kier alpha value is -1.27. The van der Waals surface area contributed by atoms with Crippen molar-refractivity contribution < 1.29 is 9.50 Å². The average molecular weight is 300 g/mol. The lowest BCUT2D eigenvalue weighted by atomic mass is 10.1. The molecule has 1 heterocycles. The third kappa shape index (κ3) is 2.53. The number of aromatic nitrogens is 3. The molecule has 0 atom stereocenters. The van der Waals surface area contributed by atoms with Gasteiger partial charge in [-0.05, 0) is 41.9 Å². The van der Waals surface area contributed by atoms with E-state index in [4.69, 9.17) is 0 Å². The predicted molar refractivity (Wildman–Crippen MR) is 64.3 cm³/mol. The molecule has 0 radical (unpaired) electrons. The lowest BCUT2D eigenvalue weighted by Crippen LogP contribution is -2.15. The Balaban J connectivity index is 2.40. The van der Waals surface area contributed by atoms with Gasteiger partial charge < -0.3 is 5.11 Å². The molecule has 1 aromatic carbocycles. The van der Waals surface area contributed by atoms with Crippen molar-refractivity contribution in [1.82, 2.24) is 15.0 Å². The van der Waals surface area contributed by atoms with Crippen LogP contribution in [0.3, 0.4) is 0 Å². The smallest absolute Gasteiger partial charge is 0.139 e. The van der Waals surface area contributed by atoms with E-state index in [0.29, 0.717) is 15.9 Å². The highest BCUT2D eigenvalue weighted by Crippen LogP contribution is 2.20. The molecule has 0 unspecified atom stereocenters. The van der Waals surface area contributed by atoms with Gasteiger partial charge in [-0.2, -0.15) is 0 Å². The number of halogens is 2. The number of benzene rings is 1. The largest absolute Gasteiger partial charge is 0.384 e. The van der Waals surface area contributed by atoms with Crippen LogP contribution in [-0.4, -0.2) is 20.1 Å². The highest BCUT2D eigenvalue weighted by atomic mass is 79.9. The molecule has 0 aliphatic carbocycles. The maximum atomic E-state index is 13.3. The van der Waals surface area contributed by atoms with Crippen LogP contribution in [0.2, 0.25) is 0 Å². The molecule has 0 spiro atoms. The molecule has 1 N–H and O–H groups in total. The summed E-state index contributed by atoms with van der Waals surface area (Å²) in [6.45, 7) is 3.23. The quantitative estimate of drug-likeness (QED) is 0.926. The summed E-state index contributed by atoms with van der Waals surface area (Å²) < 4.78 is 15.2. The van der Waals surface area contributed by atoms with E-state index in [1.807, 2.05) is 0 Å². The summed E-state index contributed by atoms with van der Waals surface area (Å²) in [5.74, 6) is -0.372. The first-order chi connectivity index (χ1) is 7.88. The van der Waals surface area contributed by atoms with Crippen molar-refractivity contribution in [3.8, 4) is 5.69 Å². The van der Waals surface area contributed by atoms with Crippen LogP contribution in [0.25, 0.3) is 5.69 Å². The minimum Gasteiger partial charge on any atom is -0.384 e. The Morgan fingerprint density at radius 1 is 1.41 bits per heavy atom. The zero-order valence-corrected chi connectivity index (χ0v) is 10.9. The number of aliphatic hydroxyl groups is 1. The standard InChI is InChI=1S/C11H11BrFN3O/c1-11(2,17)10-6-16(15-14-10)7-3-4-8(12)9(13)5-7/h3-6,17H,1-2H3. The molecule has 0 saturated carbocycles. The van der Waals surface area contributed by atoms with E-state index in [9.17, 15) is 9.50 Å². The Kier molecular flexibility index (Phi) is 3.01. The summed E-state index contributed by atoms with van der Waals surface area (Å²) >= 11 is 3.08. The molecule has 0 bridgehead atoms. The van der Waals surface area contributed by atoms with Crippen LogP contribution >= 0.6 is 15.9 Å². The van der Waals surface area contributed by atoms with Gasteiger partial charge in [0.25, 0.3) is 0 Å². The molecule has 2 rings (SSSR count). The topological polar surface area (TPSA) is 50.9 Å². The highest BCUT2D eigenvalue weighted by molar-refractivity contribution is 9.10. The van der Waals surface area contributed by atoms with Crippen molar-refractivity contribution >= 4 is 15.9 Å². The molecule has 0 saturated heterocycles. The van der Waals surface area contributed by atoms with Crippen molar-refractivity contribution in [1.29, 1.82) is 0 Å². The van der Waals surface area contributed by atoms with Gasteiger partial charge in [0.2, 0.25) is 0 Å². The van der Waals surface area contributed by atoms with Crippen LogP contribution in [0, 0.1) is 5.82 Å². The molecule has 6 heteroatoms. The second-order valence-corrected chi connectivity index (χ2v) is 5.06. The summed E-state index contributed by atoms with van der Waals surface area (Å²) in [6, 6.07) is 4.64. The fourth-order valence-electron chi connectivity index (χ4n) is 1.30. The third-order valence-corrected chi connectivity index (χ3v) is 2.93. The normalized spacial score (nSPS) is 11.8. The molecule has 17 heavy (non-hydrogen) atoms. The van der Waals surface area contributed by atoms with Gasteiger partial charge in [-0.1, -0.05) is 5.21 Å². The molecule has 0 aliphatic heterocycles. The summed E-state index contributed by atoms with van der Waals surface area (Å²) in [5.41, 5.74) is -0.0823. The first-order valence-corrected chi connectivity index (χ1v) is 5.78. The molecule has 0 aliphatic rings. The lowest BCUT2D eigenvalue weighted by molar-refractivity contribution is 0.0737. The Morgan fingerprint density at radius 2 is 2.12 bits per heavy atom. The van der Waals surface area contributed by atoms with Gasteiger partial charge in [-0.15, -0.1) is 5.10 Å². The monoisotopic (exact) mass is 299 g/mol. The van der Waals surface area contributed by atoms with Crippen LogP contribution in [0.4, 0.5) is 4.39 Å². The molecule has 90 valence electrons. The highest BCUT2D eigenvalue weighted by Gasteiger charge is 2.20. The fourth-order valence-corrected chi connectivity index (χ4v) is 1.54. The van der Waals surface area contributed by atoms with Crippen LogP contribution < -0.4 is 0 Å². The van der Waals surface area contributed by atoms with Crippen molar-refractivity contribution in [3.63, 3.8) is 0 Å². The molecular formula is C11H11BrFN3O. The van der Waals surface area contributed by atoms with Gasteiger partial charge in [-0.3, -0.25) is 0 Å². The number of nitrogens with zero attached hydrogens (tertiary/aromatic N) is 3. The second kappa shape index (κ2) is 4.19. The van der Waals surface area contributed by atoms with Crippen LogP contribution in [0.1, 0.15) is 19.5 Å². The first kappa shape index (κ1) is 12.2. The second-order valence-electron chi connectivity index (χ2n) is 4.21. The number of hydrogen-bond acceptors (Lipinski definition) is 3. The van der Waals surface area contributed by atoms with Crippen molar-refractivity contribution in [2.45, 2.75) is 19.4 Å². The summed E-state index contributed by atoms with van der Waals surface area (Å²) in [7, 11) is 0. The van der Waals surface area contributed by atoms with E-state index < -0.39 is 5.60 Å². The molecule has 1 aromatic heterocycles. The average Bonchev–Trinajstić information content (AvgIpc) is 2.70. The van der Waals surface area contributed by atoms with Crippen LogP contribution in [-0.2, 0) is 5.60 Å². The molecule has 2 aromatic rings. The molecule has 0 amide bonds. The minimum atomic E-state index is -1.06. The Bertz CT molecular complexity index is 548. The zero-order chi connectivity index (χ0) is 12.6. The van der Waals surface area contributed by atoms with E-state index in [1.165, 1.54) is 10.7 Å². The van der Waals surface area contributed by atoms with Crippen LogP contribution in [0.5, 0.6) is 0 Å². The summed E-state index contributed by atoms with van der Waals surface area (Å²) in [6.07, 6.45) is 1.57. The minimum absolute atomic E-state index is 0.372. The van der Waals surface area contributed by atoms with Gasteiger partial charge in [0.1, 0.15) is 17.1 Å². The fraction of sp³-hybridized carbons (Fsp3) is 0.273. The number of rotatable bonds is 2. The molecule has 0 fully saturated rings. The number of hydrogen-bond donors (Lipinski definition) is 1. The van der Waals surface area contributed by atoms with E-state index in [-0.39, 0.29) is 5.82 Å².